The molecule has 4 N–H and O–H groups in total. The zero-order valence-corrected chi connectivity index (χ0v) is 66.9. The molecule has 0 bridgehead atoms. The second-order valence-electron chi connectivity index (χ2n) is 27.8. The fourth-order valence-electron chi connectivity index (χ4n) is 14.1. The van der Waals surface area contributed by atoms with Crippen molar-refractivity contribution >= 4 is 118 Å². The molecular weight excluding hydrogens is 1580 g/mol. The molecule has 0 saturated heterocycles. The maximum atomic E-state index is 13.9. The molecule has 6 aliphatic rings. The summed E-state index contributed by atoms with van der Waals surface area (Å²) in [5.41, 5.74) is 16.0. The van der Waals surface area contributed by atoms with E-state index in [1.807, 2.05) is 90.9 Å². The molecule has 1 aliphatic carbocycles. The van der Waals surface area contributed by atoms with Crippen molar-refractivity contribution in [3.05, 3.63) is 179 Å². The Morgan fingerprint density at radius 2 is 1.02 bits per heavy atom. The van der Waals surface area contributed by atoms with Gasteiger partial charge in [-0.2, -0.15) is 20.0 Å². The molecule has 0 fully saturated rings. The standard InChI is InChI=1S/C34H40N8O3.C15H18BrN5O2.C9H12N4O3.C9H14N4O.C6H5Br2NO/c1-6-24-25(8-9-35-31(24)41-12-11-40-27(33(41)45)15-21-17-34(3,4)18-28(21)40)22-14-26(32(44)38(5)19-22)36-29-16-23-20-39(30(43)7-2)10-13-42(23)37-29;1-3-14(22)20-4-5-21-11(9-20)7-13(18-21)17-12-6-10(16)8-19(2)15(12)23;1-2-9(14)11-3-4-12-7(6-11)5-8(10-12)13(15)16;1-2-9(14)12-3-4-13-7(6-12)5-8(10)11-13;1-9-3-4(7)2-5(8)6(9)10/h8-9,14-16,19H,6-7,10-13,17-18,20H2,1-5H3,(H,36,37);6-8H,3-5,9H2,1-2H3,(H,17,18);5H,2-4,6H2,1H3;5H,2-4,6H2,1H3,(H2,10,11);2-3H,1H3. The van der Waals surface area contributed by atoms with E-state index in [1.165, 1.54) is 26.5 Å². The Hall–Kier alpha value is -10.3. The van der Waals surface area contributed by atoms with Crippen molar-refractivity contribution in [1.29, 1.82) is 0 Å². The molecule has 9 aromatic heterocycles. The first-order chi connectivity index (χ1) is 51.5. The SMILES string of the molecule is CCC(=O)N1CCn2nc(N)cc2C1.CCC(=O)N1CCn2nc(Nc3cc(-c4ccnc(N5CCn6c(cc7c6CC(C)(C)C7)C5=O)c4CC)cn(C)c3=O)cc2C1.CCC(=O)N1CCn2nc(Nc3cc(Br)cn(C)c3=O)cc2C1.CCC(=O)N1CCn2nc([N+](=O)[O-])cc2C1.Cn1cc(Br)cc(Br)c1=O. The highest BCUT2D eigenvalue weighted by Crippen LogP contribution is 2.41. The van der Waals surface area contributed by atoms with Crippen LogP contribution in [0.2, 0.25) is 0 Å². The lowest BCUT2D eigenvalue weighted by atomic mass is 9.90. The smallest absolute Gasteiger partial charge is 0.382 e. The van der Waals surface area contributed by atoms with Crippen molar-refractivity contribution in [2.24, 2.45) is 26.6 Å². The van der Waals surface area contributed by atoms with Crippen LogP contribution >= 0.6 is 47.8 Å². The number of amides is 5. The third-order valence-corrected chi connectivity index (χ3v) is 21.0. The predicted octanol–water partition coefficient (Wildman–Crippen LogP) is 8.80. The van der Waals surface area contributed by atoms with Gasteiger partial charge in [-0.3, -0.25) is 57.3 Å². The highest BCUT2D eigenvalue weighted by Gasteiger charge is 2.38. The largest absolute Gasteiger partial charge is 0.390 e. The Kier molecular flexibility index (Phi) is 24.4. The molecule has 5 aliphatic heterocycles. The van der Waals surface area contributed by atoms with Crippen LogP contribution in [0.4, 0.5) is 40.5 Å². The molecule has 9 aromatic rings. The first-order valence-corrected chi connectivity index (χ1v) is 38.3. The maximum absolute atomic E-state index is 13.9. The Labute approximate surface area is 648 Å². The van der Waals surface area contributed by atoms with E-state index < -0.39 is 4.92 Å². The van der Waals surface area contributed by atoms with Crippen molar-refractivity contribution in [3.63, 3.8) is 0 Å². The van der Waals surface area contributed by atoms with Crippen molar-refractivity contribution in [3.8, 4) is 11.1 Å². The van der Waals surface area contributed by atoms with E-state index in [-0.39, 0.29) is 57.4 Å². The Morgan fingerprint density at radius 3 is 1.52 bits per heavy atom. The molecule has 32 nitrogen and oxygen atoms in total. The average molecular weight is 1670 g/mol. The number of carbonyl (C=O) groups excluding carboxylic acids is 5. The summed E-state index contributed by atoms with van der Waals surface area (Å²) in [5.74, 6) is 2.73. The van der Waals surface area contributed by atoms with E-state index >= 15 is 0 Å². The number of nitrogens with two attached hydrogens (primary N) is 1. The van der Waals surface area contributed by atoms with Gasteiger partial charge in [0.25, 0.3) is 22.6 Å². The van der Waals surface area contributed by atoms with Crippen LogP contribution in [0.1, 0.15) is 124 Å². The molecule has 0 atom stereocenters. The molecule has 0 spiro atoms. The number of halogens is 3. The number of pyridine rings is 4. The minimum Gasteiger partial charge on any atom is -0.382 e. The van der Waals surface area contributed by atoms with E-state index in [4.69, 9.17) is 10.7 Å². The number of nitrogens with one attached hydrogen (secondary N) is 2. The van der Waals surface area contributed by atoms with Gasteiger partial charge in [-0.05, 0) is 119 Å². The van der Waals surface area contributed by atoms with Gasteiger partial charge >= 0.3 is 5.82 Å². The molecule has 15 rings (SSSR count). The van der Waals surface area contributed by atoms with Gasteiger partial charge in [0.15, 0.2) is 11.6 Å². The van der Waals surface area contributed by atoms with Gasteiger partial charge in [0.1, 0.15) is 28.7 Å². The first kappa shape index (κ1) is 78.8. The van der Waals surface area contributed by atoms with Gasteiger partial charge < -0.3 is 64.3 Å². The minimum atomic E-state index is -0.517. The fraction of sp³-hybridized carbons (Fsp3) is 0.438. The lowest BCUT2D eigenvalue weighted by Crippen LogP contribution is -2.41. The third-order valence-electron chi connectivity index (χ3n) is 19.5. The number of hydrogen-bond donors (Lipinski definition) is 3. The Bertz CT molecular complexity index is 5110. The number of carbonyl (C=O) groups is 5. The van der Waals surface area contributed by atoms with E-state index in [0.717, 1.165) is 86.6 Å². The molecule has 0 aromatic carbocycles. The summed E-state index contributed by atoms with van der Waals surface area (Å²) in [6.45, 7) is 22.6. The van der Waals surface area contributed by atoms with Crippen molar-refractivity contribution < 1.29 is 28.9 Å². The van der Waals surface area contributed by atoms with Crippen LogP contribution in [0.5, 0.6) is 0 Å². The summed E-state index contributed by atoms with van der Waals surface area (Å²) in [6, 6.07) is 16.4. The quantitative estimate of drug-likeness (QED) is 0.0759. The van der Waals surface area contributed by atoms with Crippen molar-refractivity contribution in [2.45, 2.75) is 152 Å². The van der Waals surface area contributed by atoms with E-state index in [1.54, 1.807) is 72.9 Å². The predicted molar refractivity (Wildman–Crippen MR) is 417 cm³/mol. The molecule has 0 radical (unpaired) electrons. The highest BCUT2D eigenvalue weighted by atomic mass is 79.9. The monoisotopic (exact) mass is 1670 g/mol. The molecule has 0 saturated carbocycles. The molecule has 35 heteroatoms. The number of nitrogen functional groups attached to an aromatic ring is 1. The summed E-state index contributed by atoms with van der Waals surface area (Å²) < 4.78 is 16.3. The molecule has 14 heterocycles. The molecule has 572 valence electrons. The Balaban J connectivity index is 0.000000152. The summed E-state index contributed by atoms with van der Waals surface area (Å²) in [5, 5.41) is 34.0. The molecule has 0 unspecified atom stereocenters. The summed E-state index contributed by atoms with van der Waals surface area (Å²) in [4.78, 5) is 121. The van der Waals surface area contributed by atoms with Crippen LogP contribution in [-0.4, -0.2) is 149 Å². The van der Waals surface area contributed by atoms with Gasteiger partial charge in [0, 0.05) is 155 Å². The topological polar surface area (TPSA) is 350 Å². The molecular formula is C73H89Br3N22O10. The Morgan fingerprint density at radius 1 is 0.556 bits per heavy atom. The second-order valence-corrected chi connectivity index (χ2v) is 30.5. The third kappa shape index (κ3) is 17.6. The lowest BCUT2D eigenvalue weighted by Gasteiger charge is -2.31. The van der Waals surface area contributed by atoms with E-state index in [0.29, 0.717) is 143 Å². The lowest BCUT2D eigenvalue weighted by molar-refractivity contribution is -0.389. The number of hydrogen-bond acceptors (Lipinski definition) is 18. The summed E-state index contributed by atoms with van der Waals surface area (Å²) in [7, 11) is 5.14. The number of aromatic nitrogens is 13. The van der Waals surface area contributed by atoms with Crippen molar-refractivity contribution in [1.82, 2.24) is 82.0 Å². The second kappa shape index (κ2) is 33.5. The summed E-state index contributed by atoms with van der Waals surface area (Å²) >= 11 is 9.77. The zero-order chi connectivity index (χ0) is 77.7. The van der Waals surface area contributed by atoms with Crippen LogP contribution in [0.15, 0.2) is 107 Å². The molecule has 5 amide bonds. The van der Waals surface area contributed by atoms with Gasteiger partial charge in [0.2, 0.25) is 23.6 Å². The number of nitrogens with zero attached hydrogens (tertiary/aromatic N) is 19. The minimum absolute atomic E-state index is 0.0152. The average Bonchev–Trinajstić information content (AvgIpc) is 1.57. The van der Waals surface area contributed by atoms with Crippen LogP contribution in [-0.2, 0) is 118 Å². The maximum Gasteiger partial charge on any atom is 0.390 e. The zero-order valence-electron chi connectivity index (χ0n) is 62.1. The van der Waals surface area contributed by atoms with Crippen LogP contribution in [0.3, 0.4) is 0 Å². The molecule has 108 heavy (non-hydrogen) atoms. The number of anilines is 6. The van der Waals surface area contributed by atoms with Crippen LogP contribution in [0, 0.1) is 15.5 Å². The number of aryl methyl sites for hydroxylation is 3. The van der Waals surface area contributed by atoms with E-state index in [2.05, 4.69) is 110 Å². The first-order valence-electron chi connectivity index (χ1n) is 35.9. The number of rotatable bonds is 12. The van der Waals surface area contributed by atoms with E-state index in [9.17, 15) is 48.5 Å². The van der Waals surface area contributed by atoms with Crippen LogP contribution in [0.25, 0.3) is 11.1 Å². The van der Waals surface area contributed by atoms with Crippen LogP contribution < -0.4 is 37.9 Å². The fourth-order valence-corrected chi connectivity index (χ4v) is 16.0. The normalized spacial score (nSPS) is 15.0. The van der Waals surface area contributed by atoms with Gasteiger partial charge in [-0.1, -0.05) is 48.5 Å². The number of fused-ring (bicyclic) bond motifs is 7. The highest BCUT2D eigenvalue weighted by molar-refractivity contribution is 9.11. The van der Waals surface area contributed by atoms with Gasteiger partial charge in [0.05, 0.1) is 90.8 Å². The number of nitro groups is 1. The summed E-state index contributed by atoms with van der Waals surface area (Å²) in [6.07, 6.45) is 11.6. The van der Waals surface area contributed by atoms with Crippen molar-refractivity contribution in [2.75, 3.05) is 54.0 Å². The van der Waals surface area contributed by atoms with Gasteiger partial charge in [-0.25, -0.2) is 4.98 Å². The van der Waals surface area contributed by atoms with Gasteiger partial charge in [-0.15, -0.1) is 0 Å².